The Hall–Kier alpha value is -3.55. The number of rotatable bonds is 6. The van der Waals surface area contributed by atoms with Crippen LogP contribution in [0, 0.1) is 5.92 Å². The van der Waals surface area contributed by atoms with Gasteiger partial charge in [0, 0.05) is 44.1 Å². The minimum atomic E-state index is -0.184. The number of benzene rings is 3. The number of hydrogen-bond acceptors (Lipinski definition) is 5. The number of piperazine rings is 1. The summed E-state index contributed by atoms with van der Waals surface area (Å²) >= 11 is 5.93. The van der Waals surface area contributed by atoms with E-state index >= 15 is 0 Å². The van der Waals surface area contributed by atoms with Crippen LogP contribution in [0.25, 0.3) is 11.1 Å². The zero-order valence-corrected chi connectivity index (χ0v) is 21.4. The Bertz CT molecular complexity index is 1240. The molecule has 37 heavy (non-hydrogen) atoms. The fourth-order valence-corrected chi connectivity index (χ4v) is 5.20. The van der Waals surface area contributed by atoms with Crippen LogP contribution in [0.3, 0.4) is 0 Å². The predicted molar refractivity (Wildman–Crippen MR) is 147 cm³/mol. The predicted octanol–water partition coefficient (Wildman–Crippen LogP) is 4.32. The average molecular weight is 519 g/mol. The molecule has 5 rings (SSSR count). The van der Waals surface area contributed by atoms with E-state index in [-0.39, 0.29) is 28.5 Å². The number of nitrogens with one attached hydrogen (secondary N) is 1. The van der Waals surface area contributed by atoms with E-state index in [1.165, 1.54) is 28.9 Å². The number of likely N-dealkylation sites (tertiary alicyclic amines) is 1. The molecule has 0 bridgehead atoms. The molecule has 3 aromatic carbocycles. The lowest BCUT2D eigenvalue weighted by molar-refractivity contribution is -0.132. The van der Waals surface area contributed by atoms with Gasteiger partial charge >= 0.3 is 0 Å². The molecule has 0 aliphatic carbocycles. The van der Waals surface area contributed by atoms with Crippen molar-refractivity contribution in [2.45, 2.75) is 6.42 Å². The van der Waals surface area contributed by atoms with Gasteiger partial charge in [-0.1, -0.05) is 54.1 Å². The number of amides is 2. The summed E-state index contributed by atoms with van der Waals surface area (Å²) in [5, 5.41) is 12.6. The van der Waals surface area contributed by atoms with Crippen LogP contribution in [0.15, 0.2) is 72.8 Å². The molecule has 2 amide bonds. The number of hydrogen-bond donors (Lipinski definition) is 2. The van der Waals surface area contributed by atoms with Crippen molar-refractivity contribution in [2.75, 3.05) is 56.0 Å². The minimum absolute atomic E-state index is 0.0213. The first-order valence-electron chi connectivity index (χ1n) is 12.7. The zero-order valence-electron chi connectivity index (χ0n) is 20.6. The molecular weight excluding hydrogens is 488 g/mol. The highest BCUT2D eigenvalue weighted by atomic mass is 35.5. The van der Waals surface area contributed by atoms with E-state index in [0.717, 1.165) is 13.1 Å². The van der Waals surface area contributed by atoms with E-state index in [2.05, 4.69) is 51.5 Å². The second-order valence-corrected chi connectivity index (χ2v) is 10.1. The number of carbonyl (C=O) groups is 2. The maximum atomic E-state index is 13.0. The maximum absolute atomic E-state index is 13.0. The van der Waals surface area contributed by atoms with Crippen molar-refractivity contribution in [1.29, 1.82) is 0 Å². The van der Waals surface area contributed by atoms with Gasteiger partial charge in [-0.2, -0.15) is 0 Å². The Morgan fingerprint density at radius 1 is 0.892 bits per heavy atom. The van der Waals surface area contributed by atoms with Crippen LogP contribution in [0.4, 0.5) is 11.4 Å². The number of nitrogens with zero attached hydrogens (tertiary/aromatic N) is 3. The first-order chi connectivity index (χ1) is 18.0. The highest BCUT2D eigenvalue weighted by Gasteiger charge is 2.31. The summed E-state index contributed by atoms with van der Waals surface area (Å²) < 4.78 is 0. The molecule has 0 radical (unpaired) electrons. The largest absolute Gasteiger partial charge is 0.506 e. The summed E-state index contributed by atoms with van der Waals surface area (Å²) in [6.45, 7) is 4.59. The van der Waals surface area contributed by atoms with E-state index in [1.807, 2.05) is 23.1 Å². The molecule has 7 nitrogen and oxygen atoms in total. The van der Waals surface area contributed by atoms with Crippen LogP contribution in [-0.4, -0.2) is 72.5 Å². The van der Waals surface area contributed by atoms with Crippen molar-refractivity contribution in [3.63, 3.8) is 0 Å². The maximum Gasteiger partial charge on any atom is 0.236 e. The van der Waals surface area contributed by atoms with Crippen molar-refractivity contribution < 1.29 is 14.7 Å². The lowest BCUT2D eigenvalue weighted by Crippen LogP contribution is -2.51. The van der Waals surface area contributed by atoms with E-state index in [1.54, 1.807) is 6.07 Å². The van der Waals surface area contributed by atoms with E-state index < -0.39 is 0 Å². The second kappa shape index (κ2) is 11.2. The summed E-state index contributed by atoms with van der Waals surface area (Å²) in [4.78, 5) is 32.0. The molecular formula is C29H31ClN4O3. The van der Waals surface area contributed by atoms with E-state index in [0.29, 0.717) is 44.8 Å². The van der Waals surface area contributed by atoms with E-state index in [4.69, 9.17) is 11.6 Å². The SMILES string of the molecule is O=C(Nc1ccc(O)c(Cl)c1)C1CCN(CC(=O)N2CCN(c3ccc(-c4ccccc4)cc3)CC2)C1. The molecule has 2 saturated heterocycles. The van der Waals surface area contributed by atoms with Crippen molar-refractivity contribution in [3.8, 4) is 16.9 Å². The monoisotopic (exact) mass is 518 g/mol. The molecule has 0 spiro atoms. The molecule has 0 aromatic heterocycles. The van der Waals surface area contributed by atoms with Crippen molar-refractivity contribution in [3.05, 3.63) is 77.8 Å². The summed E-state index contributed by atoms with van der Waals surface area (Å²) in [6, 6.07) is 23.6. The number of aromatic hydroxyl groups is 1. The Labute approximate surface area is 222 Å². The van der Waals surface area contributed by atoms with Crippen LogP contribution in [-0.2, 0) is 9.59 Å². The van der Waals surface area contributed by atoms with Gasteiger partial charge in [-0.25, -0.2) is 0 Å². The van der Waals surface area contributed by atoms with Crippen LogP contribution >= 0.6 is 11.6 Å². The highest BCUT2D eigenvalue weighted by Crippen LogP contribution is 2.27. The highest BCUT2D eigenvalue weighted by molar-refractivity contribution is 6.32. The lowest BCUT2D eigenvalue weighted by atomic mass is 10.1. The van der Waals surface area contributed by atoms with Crippen molar-refractivity contribution >= 4 is 34.8 Å². The Balaban J connectivity index is 1.07. The summed E-state index contributed by atoms with van der Waals surface area (Å²) in [5.41, 5.74) is 4.13. The van der Waals surface area contributed by atoms with Gasteiger partial charge in [0.15, 0.2) is 0 Å². The molecule has 0 saturated carbocycles. The number of halogens is 1. The third kappa shape index (κ3) is 6.06. The molecule has 1 atom stereocenters. The number of phenols is 1. The van der Waals surface area contributed by atoms with Crippen molar-refractivity contribution in [2.24, 2.45) is 5.92 Å². The van der Waals surface area contributed by atoms with E-state index in [9.17, 15) is 14.7 Å². The number of phenolic OH excluding ortho intramolecular Hbond substituents is 1. The smallest absolute Gasteiger partial charge is 0.236 e. The standard InChI is InChI=1S/C29H31ClN4O3/c30-26-18-24(8-11-27(26)35)31-29(37)23-12-13-32(19-23)20-28(36)34-16-14-33(15-17-34)25-9-6-22(7-10-25)21-4-2-1-3-5-21/h1-11,18,23,35H,12-17,19-20H2,(H,31,37). The molecule has 2 N–H and O–H groups in total. The van der Waals surface area contributed by atoms with Gasteiger partial charge in [0.2, 0.25) is 11.8 Å². The normalized spacial score (nSPS) is 18.1. The van der Waals surface area contributed by atoms with Gasteiger partial charge in [0.25, 0.3) is 0 Å². The van der Waals surface area contributed by atoms with Crippen LogP contribution < -0.4 is 10.2 Å². The Morgan fingerprint density at radius 3 is 2.30 bits per heavy atom. The fraction of sp³-hybridized carbons (Fsp3) is 0.310. The zero-order chi connectivity index (χ0) is 25.8. The first-order valence-corrected chi connectivity index (χ1v) is 13.0. The average Bonchev–Trinajstić information content (AvgIpc) is 3.40. The van der Waals surface area contributed by atoms with Gasteiger partial charge in [0.1, 0.15) is 5.75 Å². The summed E-state index contributed by atoms with van der Waals surface area (Å²) in [7, 11) is 0. The van der Waals surface area contributed by atoms with Gasteiger partial charge < -0.3 is 20.2 Å². The number of anilines is 2. The van der Waals surface area contributed by atoms with Crippen LogP contribution in [0.1, 0.15) is 6.42 Å². The number of carbonyl (C=O) groups excluding carboxylic acids is 2. The topological polar surface area (TPSA) is 76.1 Å². The summed E-state index contributed by atoms with van der Waals surface area (Å²) in [5.74, 6) is -0.183. The molecule has 3 aromatic rings. The molecule has 1 unspecified atom stereocenters. The quantitative estimate of drug-likeness (QED) is 0.475. The Kier molecular flexibility index (Phi) is 7.63. The van der Waals surface area contributed by atoms with Crippen LogP contribution in [0.5, 0.6) is 5.75 Å². The molecule has 192 valence electrons. The van der Waals surface area contributed by atoms with Gasteiger partial charge in [-0.15, -0.1) is 0 Å². The lowest BCUT2D eigenvalue weighted by Gasteiger charge is -2.36. The summed E-state index contributed by atoms with van der Waals surface area (Å²) in [6.07, 6.45) is 0.706. The van der Waals surface area contributed by atoms with Crippen LogP contribution in [0.2, 0.25) is 5.02 Å². The molecule has 8 heteroatoms. The van der Waals surface area contributed by atoms with Gasteiger partial charge in [-0.3, -0.25) is 14.5 Å². The first kappa shape index (κ1) is 25.1. The fourth-order valence-electron chi connectivity index (χ4n) is 5.02. The molecule has 2 fully saturated rings. The second-order valence-electron chi connectivity index (χ2n) is 9.66. The minimum Gasteiger partial charge on any atom is -0.506 e. The third-order valence-corrected chi connectivity index (χ3v) is 7.49. The molecule has 2 aliphatic rings. The molecule has 2 heterocycles. The van der Waals surface area contributed by atoms with Crippen molar-refractivity contribution in [1.82, 2.24) is 9.80 Å². The third-order valence-electron chi connectivity index (χ3n) is 7.19. The Morgan fingerprint density at radius 2 is 1.59 bits per heavy atom. The molecule has 2 aliphatic heterocycles. The van der Waals surface area contributed by atoms with Gasteiger partial charge in [-0.05, 0) is 54.4 Å². The van der Waals surface area contributed by atoms with Gasteiger partial charge in [0.05, 0.1) is 17.5 Å².